The summed E-state index contributed by atoms with van der Waals surface area (Å²) in [6, 6.07) is 13.3. The smallest absolute Gasteiger partial charge is 0.338 e. The van der Waals surface area contributed by atoms with Gasteiger partial charge >= 0.3 is 5.97 Å². The first-order chi connectivity index (χ1) is 12.6. The summed E-state index contributed by atoms with van der Waals surface area (Å²) in [4.78, 5) is 36.1. The number of hydrogen-bond acceptors (Lipinski definition) is 4. The van der Waals surface area contributed by atoms with Gasteiger partial charge in [0.15, 0.2) is 0 Å². The molecule has 0 bridgehead atoms. The van der Waals surface area contributed by atoms with Crippen molar-refractivity contribution in [3.05, 3.63) is 65.2 Å². The van der Waals surface area contributed by atoms with E-state index in [9.17, 15) is 14.4 Å². The summed E-state index contributed by atoms with van der Waals surface area (Å²) in [5.74, 6) is -0.893. The van der Waals surface area contributed by atoms with Crippen molar-refractivity contribution in [2.24, 2.45) is 0 Å². The van der Waals surface area contributed by atoms with E-state index in [-0.39, 0.29) is 17.9 Å². The van der Waals surface area contributed by atoms with Crippen LogP contribution in [0.25, 0.3) is 0 Å². The average molecular weight is 352 g/mol. The molecule has 1 aliphatic carbocycles. The molecule has 0 radical (unpaired) electrons. The van der Waals surface area contributed by atoms with Crippen LogP contribution in [0.1, 0.15) is 50.8 Å². The molecule has 0 atom stereocenters. The van der Waals surface area contributed by atoms with E-state index in [1.54, 1.807) is 55.5 Å². The van der Waals surface area contributed by atoms with Crippen LogP contribution in [0.5, 0.6) is 0 Å². The highest BCUT2D eigenvalue weighted by atomic mass is 16.5. The molecule has 1 aliphatic rings. The molecule has 0 unspecified atom stereocenters. The van der Waals surface area contributed by atoms with Crippen LogP contribution in [0.15, 0.2) is 48.5 Å². The zero-order chi connectivity index (χ0) is 18.5. The van der Waals surface area contributed by atoms with Crippen molar-refractivity contribution in [3.8, 4) is 0 Å². The Labute approximate surface area is 151 Å². The summed E-state index contributed by atoms with van der Waals surface area (Å²) in [6.45, 7) is 2.05. The predicted octanol–water partition coefficient (Wildman–Crippen LogP) is 3.01. The van der Waals surface area contributed by atoms with Gasteiger partial charge in [-0.15, -0.1) is 0 Å². The molecule has 0 heterocycles. The van der Waals surface area contributed by atoms with Gasteiger partial charge in [0.05, 0.1) is 12.2 Å². The number of nitrogens with one attached hydrogen (secondary N) is 2. The number of esters is 1. The number of anilines is 1. The van der Waals surface area contributed by atoms with Crippen LogP contribution in [0.3, 0.4) is 0 Å². The molecule has 2 aromatic carbocycles. The van der Waals surface area contributed by atoms with E-state index in [1.807, 2.05) is 0 Å². The van der Waals surface area contributed by atoms with E-state index in [1.165, 1.54) is 0 Å². The minimum absolute atomic E-state index is 0.166. The molecule has 0 aliphatic heterocycles. The summed E-state index contributed by atoms with van der Waals surface area (Å²) in [5, 5.41) is 5.65. The minimum Gasteiger partial charge on any atom is -0.462 e. The maximum atomic E-state index is 12.4. The fourth-order valence-electron chi connectivity index (χ4n) is 2.41. The van der Waals surface area contributed by atoms with Crippen molar-refractivity contribution < 1.29 is 19.1 Å². The second-order valence-electron chi connectivity index (χ2n) is 6.08. The molecular formula is C20H20N2O4. The highest BCUT2D eigenvalue weighted by Crippen LogP contribution is 2.19. The summed E-state index contributed by atoms with van der Waals surface area (Å²) in [6.07, 6.45) is 2.02. The first kappa shape index (κ1) is 17.7. The third-order valence-corrected chi connectivity index (χ3v) is 3.95. The van der Waals surface area contributed by atoms with Crippen LogP contribution in [-0.2, 0) is 4.74 Å². The molecule has 1 fully saturated rings. The quantitative estimate of drug-likeness (QED) is 0.783. The number of ether oxygens (including phenoxy) is 1. The number of amides is 2. The number of benzene rings is 2. The summed E-state index contributed by atoms with van der Waals surface area (Å²) >= 11 is 0. The van der Waals surface area contributed by atoms with Crippen LogP contribution in [0.4, 0.5) is 5.69 Å². The predicted molar refractivity (Wildman–Crippen MR) is 97.3 cm³/mol. The lowest BCUT2D eigenvalue weighted by Gasteiger charge is -2.08. The highest BCUT2D eigenvalue weighted by Gasteiger charge is 2.24. The van der Waals surface area contributed by atoms with Gasteiger partial charge in [0, 0.05) is 22.9 Å². The standard InChI is InChI=1S/C20H20N2O4/c1-2-26-20(25)13-6-8-16(9-7-13)21-18(23)14-4-3-5-15(12-14)19(24)22-17-10-11-17/h3-9,12,17H,2,10-11H2,1H3,(H,21,23)(H,22,24). The molecule has 2 aromatic rings. The fourth-order valence-corrected chi connectivity index (χ4v) is 2.41. The number of carbonyl (C=O) groups excluding carboxylic acids is 3. The number of rotatable bonds is 6. The summed E-state index contributed by atoms with van der Waals surface area (Å²) < 4.78 is 4.92. The van der Waals surface area contributed by atoms with Gasteiger partial charge in [-0.25, -0.2) is 4.79 Å². The van der Waals surface area contributed by atoms with E-state index in [4.69, 9.17) is 4.74 Å². The maximum absolute atomic E-state index is 12.4. The van der Waals surface area contributed by atoms with Crippen molar-refractivity contribution in [3.63, 3.8) is 0 Å². The monoisotopic (exact) mass is 352 g/mol. The second kappa shape index (κ2) is 7.82. The molecule has 134 valence electrons. The van der Waals surface area contributed by atoms with Crippen LogP contribution in [0.2, 0.25) is 0 Å². The molecular weight excluding hydrogens is 332 g/mol. The summed E-state index contributed by atoms with van der Waals surface area (Å²) in [7, 11) is 0. The van der Waals surface area contributed by atoms with Crippen LogP contribution in [0, 0.1) is 0 Å². The Hall–Kier alpha value is -3.15. The van der Waals surface area contributed by atoms with Crippen LogP contribution < -0.4 is 10.6 Å². The first-order valence-corrected chi connectivity index (χ1v) is 8.56. The number of carbonyl (C=O) groups is 3. The largest absolute Gasteiger partial charge is 0.462 e. The van der Waals surface area contributed by atoms with Crippen molar-refractivity contribution in [1.29, 1.82) is 0 Å². The van der Waals surface area contributed by atoms with Gasteiger partial charge in [0.25, 0.3) is 11.8 Å². The molecule has 2 amide bonds. The third kappa shape index (κ3) is 4.47. The maximum Gasteiger partial charge on any atom is 0.338 e. The number of hydrogen-bond donors (Lipinski definition) is 2. The van der Waals surface area contributed by atoms with Crippen LogP contribution in [-0.4, -0.2) is 30.4 Å². The molecule has 0 spiro atoms. The normalized spacial score (nSPS) is 13.0. The Kier molecular flexibility index (Phi) is 5.31. The molecule has 2 N–H and O–H groups in total. The molecule has 6 nitrogen and oxygen atoms in total. The molecule has 6 heteroatoms. The van der Waals surface area contributed by atoms with Gasteiger partial charge in [0.2, 0.25) is 0 Å². The third-order valence-electron chi connectivity index (χ3n) is 3.95. The van der Waals surface area contributed by atoms with E-state index in [0.717, 1.165) is 12.8 Å². The molecule has 3 rings (SSSR count). The van der Waals surface area contributed by atoms with Gasteiger partial charge in [-0.2, -0.15) is 0 Å². The lowest BCUT2D eigenvalue weighted by atomic mass is 10.1. The average Bonchev–Trinajstić information content (AvgIpc) is 3.46. The lowest BCUT2D eigenvalue weighted by molar-refractivity contribution is 0.0526. The Morgan fingerprint density at radius 2 is 1.62 bits per heavy atom. The van der Waals surface area contributed by atoms with Crippen LogP contribution >= 0.6 is 0 Å². The Morgan fingerprint density at radius 1 is 0.962 bits per heavy atom. The SMILES string of the molecule is CCOC(=O)c1ccc(NC(=O)c2cccc(C(=O)NC3CC3)c2)cc1. The fraction of sp³-hybridized carbons (Fsp3) is 0.250. The second-order valence-corrected chi connectivity index (χ2v) is 6.08. The zero-order valence-corrected chi connectivity index (χ0v) is 14.5. The van der Waals surface area contributed by atoms with Gasteiger partial charge in [-0.1, -0.05) is 6.07 Å². The topological polar surface area (TPSA) is 84.5 Å². The molecule has 0 aromatic heterocycles. The first-order valence-electron chi connectivity index (χ1n) is 8.56. The van der Waals surface area contributed by atoms with E-state index >= 15 is 0 Å². The van der Waals surface area contributed by atoms with Gasteiger partial charge in [0.1, 0.15) is 0 Å². The van der Waals surface area contributed by atoms with Crippen molar-refractivity contribution in [1.82, 2.24) is 5.32 Å². The lowest BCUT2D eigenvalue weighted by Crippen LogP contribution is -2.25. The van der Waals surface area contributed by atoms with Crippen molar-refractivity contribution in [2.45, 2.75) is 25.8 Å². The Balaban J connectivity index is 1.65. The summed E-state index contributed by atoms with van der Waals surface area (Å²) in [5.41, 5.74) is 1.82. The van der Waals surface area contributed by atoms with E-state index in [2.05, 4.69) is 10.6 Å². The molecule has 0 saturated heterocycles. The van der Waals surface area contributed by atoms with E-state index in [0.29, 0.717) is 29.0 Å². The van der Waals surface area contributed by atoms with E-state index < -0.39 is 5.97 Å². The van der Waals surface area contributed by atoms with Gasteiger partial charge in [-0.3, -0.25) is 9.59 Å². The van der Waals surface area contributed by atoms with Gasteiger partial charge < -0.3 is 15.4 Å². The van der Waals surface area contributed by atoms with Crippen molar-refractivity contribution >= 4 is 23.5 Å². The minimum atomic E-state index is -0.403. The highest BCUT2D eigenvalue weighted by molar-refractivity contribution is 6.06. The Morgan fingerprint density at radius 3 is 2.23 bits per heavy atom. The molecule has 1 saturated carbocycles. The molecule has 26 heavy (non-hydrogen) atoms. The van der Waals surface area contributed by atoms with Gasteiger partial charge in [-0.05, 0) is 62.2 Å². The Bertz CT molecular complexity index is 826. The zero-order valence-electron chi connectivity index (χ0n) is 14.5. The van der Waals surface area contributed by atoms with Crippen molar-refractivity contribution in [2.75, 3.05) is 11.9 Å².